The van der Waals surface area contributed by atoms with Crippen molar-refractivity contribution < 1.29 is 5.11 Å². The van der Waals surface area contributed by atoms with Crippen LogP contribution in [-0.2, 0) is 0 Å². The van der Waals surface area contributed by atoms with Crippen LogP contribution in [0.15, 0.2) is 0 Å². The van der Waals surface area contributed by atoms with Gasteiger partial charge in [-0.05, 0) is 39.9 Å². The normalized spacial score (nSPS) is 15.6. The predicted molar refractivity (Wildman–Crippen MR) is 66.2 cm³/mol. The van der Waals surface area contributed by atoms with E-state index in [4.69, 9.17) is 5.11 Å². The number of rotatable bonds is 9. The van der Waals surface area contributed by atoms with Crippen LogP contribution in [0.5, 0.6) is 0 Å². The summed E-state index contributed by atoms with van der Waals surface area (Å²) in [5, 5.41) is 12.4. The SMILES string of the molecule is CCCC(C)N(C)CCC(CO)NCC. The molecule has 0 amide bonds. The summed E-state index contributed by atoms with van der Waals surface area (Å²) >= 11 is 0. The highest BCUT2D eigenvalue weighted by Gasteiger charge is 2.11. The van der Waals surface area contributed by atoms with E-state index < -0.39 is 0 Å². The standard InChI is InChI=1S/C12H28N2O/c1-5-7-11(3)14(4)9-8-12(10-15)13-6-2/h11-13,15H,5-10H2,1-4H3. The number of nitrogens with zero attached hydrogens (tertiary/aromatic N) is 1. The first-order chi connectivity index (χ1) is 7.15. The first-order valence-corrected chi connectivity index (χ1v) is 6.20. The van der Waals surface area contributed by atoms with Crippen molar-refractivity contribution in [1.82, 2.24) is 10.2 Å². The summed E-state index contributed by atoms with van der Waals surface area (Å²) in [6, 6.07) is 0.905. The molecule has 0 saturated carbocycles. The van der Waals surface area contributed by atoms with Gasteiger partial charge in [0.2, 0.25) is 0 Å². The summed E-state index contributed by atoms with van der Waals surface area (Å²) in [5.41, 5.74) is 0. The number of aliphatic hydroxyl groups is 1. The molecule has 0 rings (SSSR count). The van der Waals surface area contributed by atoms with Gasteiger partial charge < -0.3 is 15.3 Å². The summed E-state index contributed by atoms with van der Waals surface area (Å²) in [5.74, 6) is 0. The lowest BCUT2D eigenvalue weighted by Gasteiger charge is -2.26. The summed E-state index contributed by atoms with van der Waals surface area (Å²) in [4.78, 5) is 2.38. The van der Waals surface area contributed by atoms with Gasteiger partial charge in [-0.1, -0.05) is 20.3 Å². The monoisotopic (exact) mass is 216 g/mol. The Balaban J connectivity index is 3.71. The maximum Gasteiger partial charge on any atom is 0.0585 e. The minimum Gasteiger partial charge on any atom is -0.395 e. The largest absolute Gasteiger partial charge is 0.395 e. The molecule has 15 heavy (non-hydrogen) atoms. The number of hydrogen-bond donors (Lipinski definition) is 2. The van der Waals surface area contributed by atoms with Crippen LogP contribution in [0.2, 0.25) is 0 Å². The zero-order valence-corrected chi connectivity index (χ0v) is 10.8. The van der Waals surface area contributed by atoms with E-state index in [1.165, 1.54) is 12.8 Å². The molecular formula is C12H28N2O. The minimum atomic E-state index is 0.240. The average molecular weight is 216 g/mol. The Morgan fingerprint density at radius 1 is 1.27 bits per heavy atom. The van der Waals surface area contributed by atoms with Gasteiger partial charge in [0, 0.05) is 12.1 Å². The topological polar surface area (TPSA) is 35.5 Å². The third-order valence-electron chi connectivity index (χ3n) is 3.00. The van der Waals surface area contributed by atoms with Crippen molar-refractivity contribution in [1.29, 1.82) is 0 Å². The zero-order valence-electron chi connectivity index (χ0n) is 10.8. The van der Waals surface area contributed by atoms with Crippen LogP contribution in [0.3, 0.4) is 0 Å². The Labute approximate surface area is 94.9 Å². The molecule has 92 valence electrons. The van der Waals surface area contributed by atoms with Crippen molar-refractivity contribution in [2.75, 3.05) is 26.7 Å². The Bertz CT molecular complexity index is 142. The fourth-order valence-corrected chi connectivity index (χ4v) is 1.76. The van der Waals surface area contributed by atoms with Gasteiger partial charge in [0.1, 0.15) is 0 Å². The lowest BCUT2D eigenvalue weighted by Crippen LogP contribution is -2.38. The smallest absolute Gasteiger partial charge is 0.0585 e. The second kappa shape index (κ2) is 9.13. The van der Waals surface area contributed by atoms with Gasteiger partial charge in [-0.15, -0.1) is 0 Å². The van der Waals surface area contributed by atoms with Gasteiger partial charge in [-0.2, -0.15) is 0 Å². The lowest BCUT2D eigenvalue weighted by molar-refractivity contribution is 0.196. The summed E-state index contributed by atoms with van der Waals surface area (Å²) in [6.07, 6.45) is 3.51. The fourth-order valence-electron chi connectivity index (χ4n) is 1.76. The van der Waals surface area contributed by atoms with Crippen molar-refractivity contribution in [2.24, 2.45) is 0 Å². The molecule has 0 aliphatic heterocycles. The van der Waals surface area contributed by atoms with E-state index in [0.29, 0.717) is 6.04 Å². The highest BCUT2D eigenvalue weighted by molar-refractivity contribution is 4.69. The number of hydrogen-bond acceptors (Lipinski definition) is 3. The molecule has 0 fully saturated rings. The van der Waals surface area contributed by atoms with E-state index >= 15 is 0 Å². The fraction of sp³-hybridized carbons (Fsp3) is 1.00. The highest BCUT2D eigenvalue weighted by Crippen LogP contribution is 2.05. The van der Waals surface area contributed by atoms with Gasteiger partial charge in [0.25, 0.3) is 0 Å². The zero-order chi connectivity index (χ0) is 11.7. The van der Waals surface area contributed by atoms with Crippen molar-refractivity contribution in [3.63, 3.8) is 0 Å². The molecule has 0 aromatic heterocycles. The molecule has 0 radical (unpaired) electrons. The minimum absolute atomic E-state index is 0.240. The average Bonchev–Trinajstić information content (AvgIpc) is 2.24. The summed E-state index contributed by atoms with van der Waals surface area (Å²) in [7, 11) is 2.17. The first-order valence-electron chi connectivity index (χ1n) is 6.20. The van der Waals surface area contributed by atoms with E-state index in [1.807, 2.05) is 0 Å². The third-order valence-corrected chi connectivity index (χ3v) is 3.00. The first kappa shape index (κ1) is 14.9. The van der Waals surface area contributed by atoms with Crippen molar-refractivity contribution in [2.45, 2.75) is 52.1 Å². The Hall–Kier alpha value is -0.120. The van der Waals surface area contributed by atoms with Crippen molar-refractivity contribution in [3.8, 4) is 0 Å². The number of nitrogens with one attached hydrogen (secondary N) is 1. The molecule has 3 heteroatoms. The molecule has 0 aliphatic rings. The van der Waals surface area contributed by atoms with Crippen LogP contribution in [0.25, 0.3) is 0 Å². The third kappa shape index (κ3) is 6.88. The van der Waals surface area contributed by atoms with Crippen LogP contribution in [0, 0.1) is 0 Å². The lowest BCUT2D eigenvalue weighted by atomic mass is 10.1. The van der Waals surface area contributed by atoms with E-state index in [1.54, 1.807) is 0 Å². The Kier molecular flexibility index (Phi) is 9.06. The molecule has 0 aromatic rings. The summed E-state index contributed by atoms with van der Waals surface area (Å²) < 4.78 is 0. The van der Waals surface area contributed by atoms with Gasteiger partial charge in [0.15, 0.2) is 0 Å². The van der Waals surface area contributed by atoms with Gasteiger partial charge >= 0.3 is 0 Å². The molecule has 0 heterocycles. The van der Waals surface area contributed by atoms with Gasteiger partial charge in [-0.3, -0.25) is 0 Å². The van der Waals surface area contributed by atoms with Crippen LogP contribution in [0.1, 0.15) is 40.0 Å². The second-order valence-electron chi connectivity index (χ2n) is 4.34. The maximum absolute atomic E-state index is 9.13. The van der Waals surface area contributed by atoms with Crippen LogP contribution >= 0.6 is 0 Å². The quantitative estimate of drug-likeness (QED) is 0.612. The van der Waals surface area contributed by atoms with Crippen molar-refractivity contribution in [3.05, 3.63) is 0 Å². The second-order valence-corrected chi connectivity index (χ2v) is 4.34. The maximum atomic E-state index is 9.13. The van der Waals surface area contributed by atoms with Crippen molar-refractivity contribution >= 4 is 0 Å². The van der Waals surface area contributed by atoms with E-state index in [0.717, 1.165) is 19.5 Å². The molecule has 3 nitrogen and oxygen atoms in total. The van der Waals surface area contributed by atoms with E-state index in [-0.39, 0.29) is 12.6 Å². The van der Waals surface area contributed by atoms with Crippen LogP contribution in [-0.4, -0.2) is 48.8 Å². The number of likely N-dealkylation sites (N-methyl/N-ethyl adjacent to an activating group) is 1. The Morgan fingerprint density at radius 3 is 2.40 bits per heavy atom. The van der Waals surface area contributed by atoms with E-state index in [9.17, 15) is 0 Å². The molecule has 0 bridgehead atoms. The highest BCUT2D eigenvalue weighted by atomic mass is 16.3. The van der Waals surface area contributed by atoms with Gasteiger partial charge in [0.05, 0.1) is 6.61 Å². The van der Waals surface area contributed by atoms with Crippen LogP contribution in [0.4, 0.5) is 0 Å². The molecule has 2 N–H and O–H groups in total. The van der Waals surface area contributed by atoms with Gasteiger partial charge in [-0.25, -0.2) is 0 Å². The molecule has 2 unspecified atom stereocenters. The molecule has 0 saturated heterocycles. The Morgan fingerprint density at radius 2 is 1.93 bits per heavy atom. The molecular weight excluding hydrogens is 188 g/mol. The molecule has 0 spiro atoms. The van der Waals surface area contributed by atoms with E-state index in [2.05, 4.69) is 38.0 Å². The molecule has 0 aromatic carbocycles. The number of aliphatic hydroxyl groups excluding tert-OH is 1. The predicted octanol–water partition coefficient (Wildman–Crippen LogP) is 1.47. The van der Waals surface area contributed by atoms with Crippen LogP contribution < -0.4 is 5.32 Å². The summed E-state index contributed by atoms with van der Waals surface area (Å²) in [6.45, 7) is 8.79. The molecule has 2 atom stereocenters. The molecule has 0 aliphatic carbocycles.